The van der Waals surface area contributed by atoms with Crippen LogP contribution in [-0.4, -0.2) is 48.3 Å². The number of phenolic OH excluding ortho intramolecular Hbond substituents is 1. The molecule has 1 heterocycles. The molecule has 7 nitrogen and oxygen atoms in total. The molecular weight excluding hydrogens is 422 g/mol. The molecule has 0 fully saturated rings. The van der Waals surface area contributed by atoms with Gasteiger partial charge in [0.05, 0.1) is 18.9 Å². The molecule has 1 aliphatic heterocycles. The Bertz CT molecular complexity index is 1000. The van der Waals surface area contributed by atoms with E-state index in [0.29, 0.717) is 11.1 Å². The standard InChI is InChI=1S/C17H16BrN3O4S/c1-11(22)10-21(19-9-12-8-13(18)6-7-15(12)23)17-14-4-2-3-5-16(14)26(24,25)20-17/h2-9,11,22-23H,10H2,1H3/b19-9+. The Kier molecular flexibility index (Phi) is 5.12. The van der Waals surface area contributed by atoms with E-state index in [9.17, 15) is 18.6 Å². The van der Waals surface area contributed by atoms with E-state index >= 15 is 0 Å². The van der Waals surface area contributed by atoms with E-state index in [1.165, 1.54) is 23.4 Å². The molecule has 0 amide bonds. The quantitative estimate of drug-likeness (QED) is 0.564. The number of benzene rings is 2. The zero-order valence-electron chi connectivity index (χ0n) is 13.7. The molecule has 0 aliphatic carbocycles. The minimum atomic E-state index is -3.80. The van der Waals surface area contributed by atoms with Gasteiger partial charge in [0.25, 0.3) is 10.0 Å². The molecule has 0 saturated heterocycles. The Morgan fingerprint density at radius 3 is 2.77 bits per heavy atom. The van der Waals surface area contributed by atoms with Crippen molar-refractivity contribution in [2.24, 2.45) is 9.50 Å². The predicted octanol–water partition coefficient (Wildman–Crippen LogP) is 2.32. The molecule has 1 aliphatic rings. The van der Waals surface area contributed by atoms with Gasteiger partial charge in [-0.1, -0.05) is 28.1 Å². The fraction of sp³-hybridized carbons (Fsp3) is 0.176. The van der Waals surface area contributed by atoms with Crippen molar-refractivity contribution in [1.29, 1.82) is 0 Å². The molecule has 1 unspecified atom stereocenters. The van der Waals surface area contributed by atoms with Crippen LogP contribution in [-0.2, 0) is 10.0 Å². The number of sulfonamides is 1. The predicted molar refractivity (Wildman–Crippen MR) is 102 cm³/mol. The van der Waals surface area contributed by atoms with Gasteiger partial charge in [0.1, 0.15) is 10.6 Å². The molecule has 0 radical (unpaired) electrons. The van der Waals surface area contributed by atoms with Gasteiger partial charge in [-0.25, -0.2) is 5.01 Å². The summed E-state index contributed by atoms with van der Waals surface area (Å²) in [5.74, 6) is 0.155. The van der Waals surface area contributed by atoms with Gasteiger partial charge in [0.15, 0.2) is 5.84 Å². The summed E-state index contributed by atoms with van der Waals surface area (Å²) in [4.78, 5) is 0.103. The van der Waals surface area contributed by atoms with Gasteiger partial charge in [-0.05, 0) is 37.3 Å². The van der Waals surface area contributed by atoms with E-state index in [2.05, 4.69) is 25.4 Å². The van der Waals surface area contributed by atoms with Crippen molar-refractivity contribution in [2.45, 2.75) is 17.9 Å². The summed E-state index contributed by atoms with van der Waals surface area (Å²) in [6, 6.07) is 11.3. The molecular formula is C17H16BrN3O4S. The van der Waals surface area contributed by atoms with Crippen LogP contribution >= 0.6 is 15.9 Å². The number of nitrogens with zero attached hydrogens (tertiary/aromatic N) is 3. The number of aromatic hydroxyl groups is 1. The third-order valence-electron chi connectivity index (χ3n) is 3.62. The molecule has 1 atom stereocenters. The van der Waals surface area contributed by atoms with Gasteiger partial charge >= 0.3 is 0 Å². The maximum absolute atomic E-state index is 12.3. The highest BCUT2D eigenvalue weighted by Crippen LogP contribution is 2.28. The summed E-state index contributed by atoms with van der Waals surface area (Å²) in [5, 5.41) is 25.3. The topological polar surface area (TPSA) is 103 Å². The number of hydrazone groups is 1. The van der Waals surface area contributed by atoms with Crippen molar-refractivity contribution >= 4 is 38.0 Å². The number of halogens is 1. The minimum Gasteiger partial charge on any atom is -0.507 e. The molecule has 0 aromatic heterocycles. The Morgan fingerprint density at radius 2 is 2.04 bits per heavy atom. The Morgan fingerprint density at radius 1 is 1.31 bits per heavy atom. The van der Waals surface area contributed by atoms with Gasteiger partial charge in [0, 0.05) is 15.6 Å². The van der Waals surface area contributed by atoms with Gasteiger partial charge in [0.2, 0.25) is 0 Å². The van der Waals surface area contributed by atoms with Crippen LogP contribution in [0.15, 0.2) is 61.3 Å². The zero-order valence-corrected chi connectivity index (χ0v) is 16.1. The summed E-state index contributed by atoms with van der Waals surface area (Å²) in [7, 11) is -3.80. The first-order valence-corrected chi connectivity index (χ1v) is 9.94. The number of hydrogen-bond donors (Lipinski definition) is 2. The van der Waals surface area contributed by atoms with Crippen molar-refractivity contribution in [2.75, 3.05) is 6.54 Å². The lowest BCUT2D eigenvalue weighted by Gasteiger charge is -2.20. The van der Waals surface area contributed by atoms with Crippen LogP contribution in [0.25, 0.3) is 0 Å². The summed E-state index contributed by atoms with van der Waals surface area (Å²) < 4.78 is 29.1. The molecule has 26 heavy (non-hydrogen) atoms. The molecule has 0 bridgehead atoms. The molecule has 2 N–H and O–H groups in total. The lowest BCUT2D eigenvalue weighted by molar-refractivity contribution is 0.161. The lowest BCUT2D eigenvalue weighted by atomic mass is 10.2. The van der Waals surface area contributed by atoms with Crippen LogP contribution < -0.4 is 0 Å². The summed E-state index contributed by atoms with van der Waals surface area (Å²) in [6.07, 6.45) is 0.611. The number of phenols is 1. The highest BCUT2D eigenvalue weighted by molar-refractivity contribution is 9.10. The van der Waals surface area contributed by atoms with Crippen molar-refractivity contribution < 1.29 is 18.6 Å². The number of amidine groups is 1. The maximum atomic E-state index is 12.3. The highest BCUT2D eigenvalue weighted by Gasteiger charge is 2.32. The van der Waals surface area contributed by atoms with Gasteiger partial charge in [-0.15, -0.1) is 4.40 Å². The first-order valence-electron chi connectivity index (χ1n) is 7.70. The van der Waals surface area contributed by atoms with Gasteiger partial charge in [-0.3, -0.25) is 0 Å². The monoisotopic (exact) mass is 437 g/mol. The number of hydrogen-bond acceptors (Lipinski definition) is 6. The van der Waals surface area contributed by atoms with Crippen LogP contribution in [0.3, 0.4) is 0 Å². The second-order valence-electron chi connectivity index (χ2n) is 5.76. The number of aliphatic hydroxyl groups excluding tert-OH is 1. The molecule has 0 saturated carbocycles. The average molecular weight is 438 g/mol. The van der Waals surface area contributed by atoms with Crippen molar-refractivity contribution in [3.63, 3.8) is 0 Å². The fourth-order valence-electron chi connectivity index (χ4n) is 2.47. The Balaban J connectivity index is 2.03. The lowest BCUT2D eigenvalue weighted by Crippen LogP contribution is -2.32. The highest BCUT2D eigenvalue weighted by atomic mass is 79.9. The summed E-state index contributed by atoms with van der Waals surface area (Å²) in [6.45, 7) is 1.60. The average Bonchev–Trinajstić information content (AvgIpc) is 2.86. The molecule has 2 aromatic rings. The molecule has 2 aromatic carbocycles. The third-order valence-corrected chi connectivity index (χ3v) is 5.44. The van der Waals surface area contributed by atoms with Crippen molar-refractivity contribution in [3.8, 4) is 5.75 Å². The van der Waals surface area contributed by atoms with E-state index in [4.69, 9.17) is 0 Å². The first-order chi connectivity index (χ1) is 12.3. The van der Waals surface area contributed by atoms with Gasteiger partial charge in [-0.2, -0.15) is 13.5 Å². The number of aliphatic hydroxyl groups is 1. The Hall–Kier alpha value is -2.23. The zero-order chi connectivity index (χ0) is 18.9. The van der Waals surface area contributed by atoms with E-state index in [1.807, 2.05) is 0 Å². The van der Waals surface area contributed by atoms with Crippen LogP contribution in [0, 0.1) is 0 Å². The van der Waals surface area contributed by atoms with E-state index in [-0.39, 0.29) is 23.0 Å². The summed E-state index contributed by atoms with van der Waals surface area (Å²) >= 11 is 3.32. The van der Waals surface area contributed by atoms with Crippen LogP contribution in [0.2, 0.25) is 0 Å². The minimum absolute atomic E-state index is 0.0235. The fourth-order valence-corrected chi connectivity index (χ4v) is 4.06. The van der Waals surface area contributed by atoms with E-state index in [0.717, 1.165) is 4.47 Å². The Labute approximate surface area is 159 Å². The van der Waals surface area contributed by atoms with Gasteiger partial charge < -0.3 is 10.2 Å². The van der Waals surface area contributed by atoms with E-state index in [1.54, 1.807) is 37.3 Å². The second kappa shape index (κ2) is 7.18. The second-order valence-corrected chi connectivity index (χ2v) is 8.25. The number of fused-ring (bicyclic) bond motifs is 1. The molecule has 0 spiro atoms. The van der Waals surface area contributed by atoms with E-state index < -0.39 is 16.1 Å². The number of rotatable bonds is 4. The molecule has 9 heteroatoms. The van der Waals surface area contributed by atoms with Crippen LogP contribution in [0.1, 0.15) is 18.1 Å². The smallest absolute Gasteiger partial charge is 0.285 e. The van der Waals surface area contributed by atoms with Crippen LogP contribution in [0.4, 0.5) is 0 Å². The molecule has 136 valence electrons. The van der Waals surface area contributed by atoms with Crippen LogP contribution in [0.5, 0.6) is 5.75 Å². The normalized spacial score (nSPS) is 16.3. The first kappa shape index (κ1) is 18.6. The van der Waals surface area contributed by atoms with Crippen molar-refractivity contribution in [1.82, 2.24) is 5.01 Å². The maximum Gasteiger partial charge on any atom is 0.285 e. The third kappa shape index (κ3) is 3.79. The molecule has 3 rings (SSSR count). The largest absolute Gasteiger partial charge is 0.507 e. The SMILES string of the molecule is CC(O)CN(/N=C/c1cc(Br)ccc1O)C1=NS(=O)(=O)c2ccccc21. The summed E-state index contributed by atoms with van der Waals surface area (Å²) in [5.41, 5.74) is 0.855. The van der Waals surface area contributed by atoms with Crippen molar-refractivity contribution in [3.05, 3.63) is 58.1 Å².